The number of carbonyl (C=O) groups is 2. The summed E-state index contributed by atoms with van der Waals surface area (Å²) in [7, 11) is 0. The van der Waals surface area contributed by atoms with Gasteiger partial charge in [0.05, 0.1) is 5.69 Å². The number of amides is 2. The van der Waals surface area contributed by atoms with E-state index in [0.29, 0.717) is 5.69 Å². The second kappa shape index (κ2) is 5.46. The summed E-state index contributed by atoms with van der Waals surface area (Å²) >= 11 is 5.27. The van der Waals surface area contributed by atoms with Gasteiger partial charge in [0.2, 0.25) is 11.8 Å². The zero-order valence-electron chi connectivity index (χ0n) is 8.51. The second-order valence-corrected chi connectivity index (χ2v) is 3.32. The first-order chi connectivity index (χ1) is 7.52. The zero-order chi connectivity index (χ0) is 12.1. The van der Waals surface area contributed by atoms with Gasteiger partial charge in [-0.05, 0) is 18.2 Å². The number of halogens is 2. The summed E-state index contributed by atoms with van der Waals surface area (Å²) in [6.45, 7) is 1.33. The molecule has 0 unspecified atom stereocenters. The number of carbonyl (C=O) groups excluding carboxylic acids is 2. The molecule has 0 aliphatic heterocycles. The molecule has 0 atom stereocenters. The third-order valence-electron chi connectivity index (χ3n) is 1.68. The first-order valence-electron chi connectivity index (χ1n) is 4.46. The highest BCUT2D eigenvalue weighted by molar-refractivity contribution is 6.29. The summed E-state index contributed by atoms with van der Waals surface area (Å²) in [5, 5.41) is 4.75. The van der Waals surface area contributed by atoms with Crippen LogP contribution in [0, 0.1) is 5.82 Å². The van der Waals surface area contributed by atoms with E-state index >= 15 is 0 Å². The highest BCUT2D eigenvalue weighted by Gasteiger charge is 2.07. The Morgan fingerprint density at radius 1 is 1.38 bits per heavy atom. The summed E-state index contributed by atoms with van der Waals surface area (Å²) < 4.78 is 13.2. The van der Waals surface area contributed by atoms with E-state index in [0.717, 1.165) is 6.07 Å². The Bertz CT molecular complexity index is 423. The lowest BCUT2D eigenvalue weighted by Gasteiger charge is -2.07. The van der Waals surface area contributed by atoms with Gasteiger partial charge in [0.1, 0.15) is 11.7 Å². The fourth-order valence-corrected chi connectivity index (χ4v) is 1.15. The van der Waals surface area contributed by atoms with Crippen LogP contribution in [0.2, 0.25) is 0 Å². The molecule has 1 aromatic carbocycles. The minimum Gasteiger partial charge on any atom is -0.326 e. The molecule has 4 nitrogen and oxygen atoms in total. The van der Waals surface area contributed by atoms with E-state index in [9.17, 15) is 14.0 Å². The fourth-order valence-electron chi connectivity index (χ4n) is 1.09. The van der Waals surface area contributed by atoms with E-state index in [1.54, 1.807) is 0 Å². The maximum atomic E-state index is 13.2. The van der Waals surface area contributed by atoms with Crippen molar-refractivity contribution in [1.29, 1.82) is 0 Å². The molecule has 86 valence electrons. The summed E-state index contributed by atoms with van der Waals surface area (Å²) in [4.78, 5) is 21.7. The lowest BCUT2D eigenvalue weighted by atomic mass is 10.2. The first kappa shape index (κ1) is 12.4. The van der Waals surface area contributed by atoms with Gasteiger partial charge in [-0.3, -0.25) is 9.59 Å². The predicted octanol–water partition coefficient (Wildman–Crippen LogP) is 1.96. The van der Waals surface area contributed by atoms with Crippen molar-refractivity contribution < 1.29 is 14.0 Å². The molecule has 1 aromatic rings. The number of hydrogen-bond acceptors (Lipinski definition) is 2. The van der Waals surface area contributed by atoms with Gasteiger partial charge in [-0.1, -0.05) is 0 Å². The topological polar surface area (TPSA) is 58.2 Å². The third kappa shape index (κ3) is 3.51. The van der Waals surface area contributed by atoms with Gasteiger partial charge in [-0.2, -0.15) is 0 Å². The Kier molecular flexibility index (Phi) is 4.25. The molecule has 6 heteroatoms. The molecular formula is C10H10ClFN2O2. The molecule has 16 heavy (non-hydrogen) atoms. The van der Waals surface area contributed by atoms with E-state index < -0.39 is 11.7 Å². The summed E-state index contributed by atoms with van der Waals surface area (Å²) in [6, 6.07) is 3.86. The van der Waals surface area contributed by atoms with Gasteiger partial charge in [0.25, 0.3) is 0 Å². The standard InChI is InChI=1S/C10H10ClFN2O2/c1-6(15)13-7-2-3-8(12)9(4-7)14-10(16)5-11/h2-4H,5H2,1H3,(H,13,15)(H,14,16). The molecular weight excluding hydrogens is 235 g/mol. The number of alkyl halides is 1. The number of hydrogen-bond donors (Lipinski definition) is 2. The van der Waals surface area contributed by atoms with Gasteiger partial charge in [-0.25, -0.2) is 4.39 Å². The molecule has 0 bridgehead atoms. The van der Waals surface area contributed by atoms with Crippen LogP contribution in [-0.2, 0) is 9.59 Å². The van der Waals surface area contributed by atoms with Crippen molar-refractivity contribution in [3.63, 3.8) is 0 Å². The average molecular weight is 245 g/mol. The molecule has 0 radical (unpaired) electrons. The number of rotatable bonds is 3. The van der Waals surface area contributed by atoms with Crippen LogP contribution in [-0.4, -0.2) is 17.7 Å². The van der Waals surface area contributed by atoms with Crippen LogP contribution in [0.25, 0.3) is 0 Å². The SMILES string of the molecule is CC(=O)Nc1ccc(F)c(NC(=O)CCl)c1. The molecule has 0 heterocycles. The Balaban J connectivity index is 2.90. The van der Waals surface area contributed by atoms with Crippen molar-refractivity contribution in [1.82, 2.24) is 0 Å². The van der Waals surface area contributed by atoms with Gasteiger partial charge < -0.3 is 10.6 Å². The van der Waals surface area contributed by atoms with Crippen molar-refractivity contribution in [2.75, 3.05) is 16.5 Å². The summed E-state index contributed by atoms with van der Waals surface area (Å²) in [6.07, 6.45) is 0. The monoisotopic (exact) mass is 244 g/mol. The van der Waals surface area contributed by atoms with Crippen molar-refractivity contribution in [3.05, 3.63) is 24.0 Å². The molecule has 0 saturated carbocycles. The van der Waals surface area contributed by atoms with Crippen LogP contribution in [0.5, 0.6) is 0 Å². The summed E-state index contributed by atoms with van der Waals surface area (Å²) in [5.74, 6) is -1.64. The molecule has 0 spiro atoms. The number of anilines is 2. The minimum atomic E-state index is -0.590. The largest absolute Gasteiger partial charge is 0.326 e. The van der Waals surface area contributed by atoms with Crippen molar-refractivity contribution in [2.45, 2.75) is 6.92 Å². The highest BCUT2D eigenvalue weighted by atomic mass is 35.5. The second-order valence-electron chi connectivity index (χ2n) is 3.06. The molecule has 1 rings (SSSR count). The Morgan fingerprint density at radius 3 is 2.62 bits per heavy atom. The summed E-state index contributed by atoms with van der Waals surface area (Å²) in [5.41, 5.74) is 0.385. The predicted molar refractivity (Wildman–Crippen MR) is 60.1 cm³/mol. The van der Waals surface area contributed by atoms with Gasteiger partial charge >= 0.3 is 0 Å². The van der Waals surface area contributed by atoms with Crippen LogP contribution in [0.4, 0.5) is 15.8 Å². The molecule has 0 aliphatic carbocycles. The van der Waals surface area contributed by atoms with Gasteiger partial charge in [0, 0.05) is 12.6 Å². The van der Waals surface area contributed by atoms with Crippen LogP contribution < -0.4 is 10.6 Å². The van der Waals surface area contributed by atoms with E-state index in [2.05, 4.69) is 10.6 Å². The lowest BCUT2D eigenvalue weighted by molar-refractivity contribution is -0.114. The van der Waals surface area contributed by atoms with Gasteiger partial charge in [-0.15, -0.1) is 11.6 Å². The van der Waals surface area contributed by atoms with Gasteiger partial charge in [0.15, 0.2) is 0 Å². The molecule has 0 aromatic heterocycles. The van der Waals surface area contributed by atoms with Crippen LogP contribution in [0.15, 0.2) is 18.2 Å². The number of benzene rings is 1. The third-order valence-corrected chi connectivity index (χ3v) is 1.92. The van der Waals surface area contributed by atoms with E-state index in [1.165, 1.54) is 19.1 Å². The molecule has 2 N–H and O–H groups in total. The van der Waals surface area contributed by atoms with E-state index in [1.807, 2.05) is 0 Å². The maximum absolute atomic E-state index is 13.2. The van der Waals surface area contributed by atoms with Crippen LogP contribution >= 0.6 is 11.6 Å². The van der Waals surface area contributed by atoms with Crippen molar-refractivity contribution in [2.24, 2.45) is 0 Å². The minimum absolute atomic E-state index is 0.0168. The average Bonchev–Trinajstić information content (AvgIpc) is 2.22. The van der Waals surface area contributed by atoms with Crippen molar-refractivity contribution >= 4 is 34.8 Å². The molecule has 0 saturated heterocycles. The quantitative estimate of drug-likeness (QED) is 0.799. The Labute approximate surface area is 96.8 Å². The molecule has 0 aliphatic rings. The highest BCUT2D eigenvalue weighted by Crippen LogP contribution is 2.19. The van der Waals surface area contributed by atoms with E-state index in [4.69, 9.17) is 11.6 Å². The molecule has 2 amide bonds. The Morgan fingerprint density at radius 2 is 2.06 bits per heavy atom. The lowest BCUT2D eigenvalue weighted by Crippen LogP contribution is -2.14. The zero-order valence-corrected chi connectivity index (χ0v) is 9.27. The fraction of sp³-hybridized carbons (Fsp3) is 0.200. The maximum Gasteiger partial charge on any atom is 0.239 e. The van der Waals surface area contributed by atoms with Crippen LogP contribution in [0.1, 0.15) is 6.92 Å². The number of nitrogens with one attached hydrogen (secondary N) is 2. The van der Waals surface area contributed by atoms with Crippen molar-refractivity contribution in [3.8, 4) is 0 Å². The Hall–Kier alpha value is -1.62. The normalized spacial score (nSPS) is 9.69. The first-order valence-corrected chi connectivity index (χ1v) is 4.99. The molecule has 0 fully saturated rings. The smallest absolute Gasteiger partial charge is 0.239 e. The van der Waals surface area contributed by atoms with E-state index in [-0.39, 0.29) is 17.5 Å². The van der Waals surface area contributed by atoms with Crippen LogP contribution in [0.3, 0.4) is 0 Å².